The van der Waals surface area contributed by atoms with Crippen LogP contribution in [-0.2, 0) is 38.1 Å². The predicted octanol–water partition coefficient (Wildman–Crippen LogP) is 0.947. The molecule has 0 aromatic rings. The molecule has 10 heteroatoms. The fourth-order valence-corrected chi connectivity index (χ4v) is 2.52. The van der Waals surface area contributed by atoms with Crippen LogP contribution >= 0.6 is 11.8 Å². The minimum absolute atomic E-state index is 0.0431. The molecule has 0 fully saturated rings. The minimum atomic E-state index is -1.26. The highest BCUT2D eigenvalue weighted by atomic mass is 32.2. The number of esters is 4. The van der Waals surface area contributed by atoms with Gasteiger partial charge in [-0.3, -0.25) is 19.2 Å². The molecule has 0 aliphatic heterocycles. The van der Waals surface area contributed by atoms with Gasteiger partial charge in [0.2, 0.25) is 0 Å². The van der Waals surface area contributed by atoms with Crippen molar-refractivity contribution in [1.82, 2.24) is 0 Å². The second kappa shape index (κ2) is 11.3. The molecule has 9 nitrogen and oxygen atoms in total. The Balaban J connectivity index is 5.75. The first-order chi connectivity index (χ1) is 11.6. The van der Waals surface area contributed by atoms with E-state index in [1.54, 1.807) is 0 Å². The van der Waals surface area contributed by atoms with Gasteiger partial charge in [0.15, 0.2) is 18.3 Å². The number of nitriles is 1. The third-order valence-corrected chi connectivity index (χ3v) is 3.36. The van der Waals surface area contributed by atoms with E-state index in [-0.39, 0.29) is 5.75 Å². The molecule has 0 aromatic carbocycles. The van der Waals surface area contributed by atoms with E-state index >= 15 is 0 Å². The molecule has 0 bridgehead atoms. The Morgan fingerprint density at radius 2 is 1.28 bits per heavy atom. The quantitative estimate of drug-likeness (QED) is 0.326. The first-order valence-electron chi connectivity index (χ1n) is 7.28. The van der Waals surface area contributed by atoms with Crippen LogP contribution in [0.15, 0.2) is 0 Å². The minimum Gasteiger partial charge on any atom is -0.459 e. The van der Waals surface area contributed by atoms with Crippen molar-refractivity contribution in [3.8, 4) is 5.40 Å². The van der Waals surface area contributed by atoms with Gasteiger partial charge in [-0.15, -0.1) is 0 Å². The molecule has 0 N–H and O–H groups in total. The first kappa shape index (κ1) is 22.7. The van der Waals surface area contributed by atoms with Crippen LogP contribution in [0.3, 0.4) is 0 Å². The SMILES string of the molecule is CC(=O)O[C@H]([C@H](OC(C)=O)[C@@H](CSC#N)OC(C)=O)[C@H](C)OC(C)=O. The number of hydrogen-bond acceptors (Lipinski definition) is 10. The molecular formula is C15H21NO8S. The summed E-state index contributed by atoms with van der Waals surface area (Å²) in [5, 5.41) is 10.5. The summed E-state index contributed by atoms with van der Waals surface area (Å²) < 4.78 is 20.4. The molecule has 25 heavy (non-hydrogen) atoms. The lowest BCUT2D eigenvalue weighted by Crippen LogP contribution is -2.51. The molecule has 0 saturated carbocycles. The van der Waals surface area contributed by atoms with Crippen LogP contribution in [0.5, 0.6) is 0 Å². The third kappa shape index (κ3) is 9.56. The average molecular weight is 375 g/mol. The maximum absolute atomic E-state index is 11.5. The number of hydrogen-bond donors (Lipinski definition) is 0. The van der Waals surface area contributed by atoms with Crippen molar-refractivity contribution in [2.75, 3.05) is 5.75 Å². The van der Waals surface area contributed by atoms with Crippen LogP contribution in [0.2, 0.25) is 0 Å². The van der Waals surface area contributed by atoms with Gasteiger partial charge in [0.05, 0.1) is 0 Å². The van der Waals surface area contributed by atoms with E-state index in [1.807, 2.05) is 5.40 Å². The van der Waals surface area contributed by atoms with Crippen molar-refractivity contribution in [3.05, 3.63) is 0 Å². The zero-order valence-corrected chi connectivity index (χ0v) is 15.5. The van der Waals surface area contributed by atoms with Gasteiger partial charge in [-0.1, -0.05) is 0 Å². The highest BCUT2D eigenvalue weighted by Gasteiger charge is 2.41. The van der Waals surface area contributed by atoms with Gasteiger partial charge in [0.1, 0.15) is 11.5 Å². The van der Waals surface area contributed by atoms with Crippen molar-refractivity contribution in [2.24, 2.45) is 0 Å². The van der Waals surface area contributed by atoms with Crippen LogP contribution in [0.4, 0.5) is 0 Å². The predicted molar refractivity (Wildman–Crippen MR) is 86.0 cm³/mol. The van der Waals surface area contributed by atoms with Crippen molar-refractivity contribution < 1.29 is 38.1 Å². The molecule has 0 aromatic heterocycles. The summed E-state index contributed by atoms with van der Waals surface area (Å²) in [6.07, 6.45) is -4.57. The molecule has 0 aliphatic rings. The Labute approximate surface area is 149 Å². The first-order valence-corrected chi connectivity index (χ1v) is 8.26. The van der Waals surface area contributed by atoms with Gasteiger partial charge in [-0.25, -0.2) is 0 Å². The average Bonchev–Trinajstić information content (AvgIpc) is 2.45. The van der Waals surface area contributed by atoms with E-state index in [2.05, 4.69) is 0 Å². The van der Waals surface area contributed by atoms with E-state index in [9.17, 15) is 19.2 Å². The van der Waals surface area contributed by atoms with E-state index in [1.165, 1.54) is 6.92 Å². The third-order valence-electron chi connectivity index (χ3n) is 2.74. The lowest BCUT2D eigenvalue weighted by molar-refractivity contribution is -0.194. The fourth-order valence-electron chi connectivity index (χ4n) is 2.03. The Morgan fingerprint density at radius 1 is 0.840 bits per heavy atom. The largest absolute Gasteiger partial charge is 0.459 e. The van der Waals surface area contributed by atoms with Crippen molar-refractivity contribution >= 4 is 35.6 Å². The topological polar surface area (TPSA) is 129 Å². The van der Waals surface area contributed by atoms with Crippen LogP contribution in [-0.4, -0.2) is 54.0 Å². The lowest BCUT2D eigenvalue weighted by Gasteiger charge is -2.34. The molecule has 0 spiro atoms. The van der Waals surface area contributed by atoms with Gasteiger partial charge in [-0.2, -0.15) is 5.26 Å². The van der Waals surface area contributed by atoms with Crippen LogP contribution in [0.1, 0.15) is 34.6 Å². The van der Waals surface area contributed by atoms with Gasteiger partial charge < -0.3 is 18.9 Å². The zero-order valence-electron chi connectivity index (χ0n) is 14.6. The molecule has 140 valence electrons. The zero-order chi connectivity index (χ0) is 19.6. The van der Waals surface area contributed by atoms with Gasteiger partial charge in [0.25, 0.3) is 0 Å². The fraction of sp³-hybridized carbons (Fsp3) is 0.667. The summed E-state index contributed by atoms with van der Waals surface area (Å²) in [6, 6.07) is 0. The molecule has 0 radical (unpaired) electrons. The summed E-state index contributed by atoms with van der Waals surface area (Å²) in [6.45, 7) is 6.00. The lowest BCUT2D eigenvalue weighted by atomic mass is 10.0. The van der Waals surface area contributed by atoms with E-state index < -0.39 is 48.3 Å². The van der Waals surface area contributed by atoms with E-state index in [0.29, 0.717) is 0 Å². The standard InChI is InChI=1S/C15H21NO8S/c1-8(21-9(2)17)14(23-11(4)19)15(24-12(5)20)13(6-25-7-16)22-10(3)18/h8,13-15H,6H2,1-5H3/t8-,13+,14-,15+/m0/s1. The number of ether oxygens (including phenoxy) is 4. The maximum atomic E-state index is 11.5. The number of carbonyl (C=O) groups excluding carboxylic acids is 4. The van der Waals surface area contributed by atoms with Crippen LogP contribution in [0, 0.1) is 10.7 Å². The summed E-state index contributed by atoms with van der Waals surface area (Å²) in [5.74, 6) is -2.80. The van der Waals surface area contributed by atoms with Gasteiger partial charge in [0, 0.05) is 33.4 Å². The van der Waals surface area contributed by atoms with E-state index in [0.717, 1.165) is 39.5 Å². The van der Waals surface area contributed by atoms with Crippen LogP contribution < -0.4 is 0 Å². The Kier molecular flexibility index (Phi) is 10.3. The molecule has 0 saturated heterocycles. The normalized spacial score (nSPS) is 14.9. The number of carbonyl (C=O) groups is 4. The summed E-state index contributed by atoms with van der Waals surface area (Å²) >= 11 is 0.764. The van der Waals surface area contributed by atoms with Crippen molar-refractivity contribution in [2.45, 2.75) is 59.0 Å². The van der Waals surface area contributed by atoms with Crippen molar-refractivity contribution in [3.63, 3.8) is 0 Å². The maximum Gasteiger partial charge on any atom is 0.303 e. The van der Waals surface area contributed by atoms with E-state index in [4.69, 9.17) is 24.2 Å². The molecule has 4 atom stereocenters. The number of thiocyanates is 1. The Hall–Kier alpha value is -2.28. The van der Waals surface area contributed by atoms with Gasteiger partial charge in [-0.05, 0) is 18.7 Å². The number of rotatable bonds is 9. The second-order valence-electron chi connectivity index (χ2n) is 5.01. The number of nitrogens with zero attached hydrogens (tertiary/aromatic N) is 1. The molecule has 0 aliphatic carbocycles. The summed E-state index contributed by atoms with van der Waals surface area (Å²) in [7, 11) is 0. The Bertz CT molecular complexity index is 544. The second-order valence-corrected chi connectivity index (χ2v) is 5.82. The Morgan fingerprint density at radius 3 is 1.68 bits per heavy atom. The molecule has 0 amide bonds. The number of thioether (sulfide) groups is 1. The molecule has 0 rings (SSSR count). The highest BCUT2D eigenvalue weighted by Crippen LogP contribution is 2.21. The highest BCUT2D eigenvalue weighted by molar-refractivity contribution is 8.03. The molecule has 0 unspecified atom stereocenters. The monoisotopic (exact) mass is 375 g/mol. The van der Waals surface area contributed by atoms with Crippen molar-refractivity contribution in [1.29, 1.82) is 5.26 Å². The molecule has 0 heterocycles. The molecular weight excluding hydrogens is 354 g/mol. The van der Waals surface area contributed by atoms with Crippen LogP contribution in [0.25, 0.3) is 0 Å². The van der Waals surface area contributed by atoms with Gasteiger partial charge >= 0.3 is 23.9 Å². The summed E-state index contributed by atoms with van der Waals surface area (Å²) in [5.41, 5.74) is 0. The smallest absolute Gasteiger partial charge is 0.303 e. The summed E-state index contributed by atoms with van der Waals surface area (Å²) in [4.78, 5) is 45.5.